The molecule has 10 atom stereocenters. The van der Waals surface area contributed by atoms with Gasteiger partial charge in [-0.25, -0.2) is 0 Å². The third-order valence-electron chi connectivity index (χ3n) is 9.10. The predicted molar refractivity (Wildman–Crippen MR) is 126 cm³/mol. The summed E-state index contributed by atoms with van der Waals surface area (Å²) in [5.74, 6) is -4.26. The normalized spacial score (nSPS) is 36.9. The van der Waals surface area contributed by atoms with Crippen molar-refractivity contribution in [3.05, 3.63) is 0 Å². The van der Waals surface area contributed by atoms with Gasteiger partial charge in [0, 0.05) is 5.92 Å². The maximum absolute atomic E-state index is 13.6. The first kappa shape index (κ1) is 29.1. The topological polar surface area (TPSA) is 169 Å². The van der Waals surface area contributed by atoms with Gasteiger partial charge in [-0.1, -0.05) is 6.42 Å². The van der Waals surface area contributed by atoms with Crippen LogP contribution in [0.4, 0.5) is 8.78 Å². The van der Waals surface area contributed by atoms with E-state index in [9.17, 15) is 36.4 Å². The highest BCUT2D eigenvalue weighted by molar-refractivity contribution is 7.86. The maximum Gasteiger partial charge on any atom is 0.405 e. The molecule has 3 aliphatic heterocycles. The van der Waals surface area contributed by atoms with Crippen LogP contribution in [0.5, 0.6) is 0 Å². The van der Waals surface area contributed by atoms with Crippen molar-refractivity contribution in [2.75, 3.05) is 0 Å². The van der Waals surface area contributed by atoms with Crippen molar-refractivity contribution in [2.45, 2.75) is 101 Å². The van der Waals surface area contributed by atoms with Crippen LogP contribution in [-0.4, -0.2) is 78.2 Å². The second-order valence-corrected chi connectivity index (χ2v) is 13.4. The Morgan fingerprint density at radius 2 is 1.75 bits per heavy atom. The molecule has 0 radical (unpaired) electrons. The van der Waals surface area contributed by atoms with Crippen molar-refractivity contribution in [3.63, 3.8) is 0 Å². The Morgan fingerprint density at radius 1 is 1.07 bits per heavy atom. The minimum atomic E-state index is -5.84. The van der Waals surface area contributed by atoms with Crippen molar-refractivity contribution in [1.82, 2.24) is 0 Å². The molecule has 2 saturated carbocycles. The number of hydrogen-bond donors (Lipinski definition) is 1. The first-order valence-electron chi connectivity index (χ1n) is 13.3. The zero-order chi connectivity index (χ0) is 29.4. The highest BCUT2D eigenvalue weighted by Gasteiger charge is 2.72. The van der Waals surface area contributed by atoms with E-state index in [0.29, 0.717) is 18.8 Å². The van der Waals surface area contributed by atoms with E-state index < -0.39 is 100 Å². The summed E-state index contributed by atoms with van der Waals surface area (Å²) in [6.45, 7) is 4.30. The Balaban J connectivity index is 1.18. The van der Waals surface area contributed by atoms with Gasteiger partial charge in [-0.2, -0.15) is 17.2 Å². The first-order valence-corrected chi connectivity index (χ1v) is 14.8. The standard InChI is InChI=1S/C25H32F2O12S/c1-10(25(26,27)40(32,33)34)35-14(28)6-7-15(29)36-20-19-17(16-18(37-19)21(20)38-22(16)30)23(31)39-24(2,3)13-9-11-4-5-12(13)8-11/h10-13,16-21H,4-9H2,1-3H3,(H,32,33,34). The van der Waals surface area contributed by atoms with Crippen LogP contribution < -0.4 is 0 Å². The lowest BCUT2D eigenvalue weighted by Gasteiger charge is -2.38. The van der Waals surface area contributed by atoms with Gasteiger partial charge in [0.2, 0.25) is 0 Å². The third-order valence-corrected chi connectivity index (χ3v) is 10.1. The molecule has 2 aliphatic carbocycles. The summed E-state index contributed by atoms with van der Waals surface area (Å²) >= 11 is 0. The van der Waals surface area contributed by atoms with E-state index in [4.69, 9.17) is 23.5 Å². The summed E-state index contributed by atoms with van der Waals surface area (Å²) in [7, 11) is -5.84. The second kappa shape index (κ2) is 9.86. The van der Waals surface area contributed by atoms with E-state index in [1.807, 2.05) is 13.8 Å². The molecule has 5 fully saturated rings. The number of ether oxygens (including phenoxy) is 5. The Kier molecular flexibility index (Phi) is 7.18. The molecule has 12 nitrogen and oxygen atoms in total. The van der Waals surface area contributed by atoms with Crippen molar-refractivity contribution < 1.29 is 64.6 Å². The fourth-order valence-electron chi connectivity index (χ4n) is 7.19. The van der Waals surface area contributed by atoms with Gasteiger partial charge in [0.25, 0.3) is 0 Å². The quantitative estimate of drug-likeness (QED) is 0.221. The lowest BCUT2D eigenvalue weighted by molar-refractivity contribution is -0.177. The van der Waals surface area contributed by atoms with Gasteiger partial charge in [0.1, 0.15) is 29.6 Å². The zero-order valence-corrected chi connectivity index (χ0v) is 22.9. The largest absolute Gasteiger partial charge is 0.459 e. The lowest BCUT2D eigenvalue weighted by Crippen LogP contribution is -2.50. The molecule has 0 aromatic carbocycles. The minimum Gasteiger partial charge on any atom is -0.459 e. The molecule has 0 spiro atoms. The van der Waals surface area contributed by atoms with E-state index in [0.717, 1.165) is 19.3 Å². The first-order chi connectivity index (χ1) is 18.5. The van der Waals surface area contributed by atoms with Gasteiger partial charge < -0.3 is 23.7 Å². The number of rotatable bonds is 10. The summed E-state index contributed by atoms with van der Waals surface area (Å²) in [4.78, 5) is 50.4. The molecule has 224 valence electrons. The van der Waals surface area contributed by atoms with E-state index in [-0.39, 0.29) is 5.92 Å². The average molecular weight is 595 g/mol. The Morgan fingerprint density at radius 3 is 2.35 bits per heavy atom. The molecule has 0 aromatic heterocycles. The lowest BCUT2D eigenvalue weighted by atomic mass is 9.76. The van der Waals surface area contributed by atoms with Gasteiger partial charge >= 0.3 is 39.2 Å². The van der Waals surface area contributed by atoms with Gasteiger partial charge in [-0.3, -0.25) is 23.7 Å². The van der Waals surface area contributed by atoms with Gasteiger partial charge in [-0.15, -0.1) is 0 Å². The van der Waals surface area contributed by atoms with Crippen molar-refractivity contribution in [2.24, 2.45) is 29.6 Å². The number of carbonyl (C=O) groups excluding carboxylic acids is 4. The van der Waals surface area contributed by atoms with Crippen LogP contribution in [0.1, 0.15) is 59.3 Å². The molecule has 3 heterocycles. The second-order valence-electron chi connectivity index (χ2n) is 11.9. The smallest absolute Gasteiger partial charge is 0.405 e. The molecule has 3 saturated heterocycles. The van der Waals surface area contributed by atoms with Crippen molar-refractivity contribution in [3.8, 4) is 0 Å². The Labute approximate surface area is 229 Å². The van der Waals surface area contributed by atoms with Crippen LogP contribution in [-0.2, 0) is 53.0 Å². The fraction of sp³-hybridized carbons (Fsp3) is 0.840. The van der Waals surface area contributed by atoms with Crippen LogP contribution in [0.2, 0.25) is 0 Å². The van der Waals surface area contributed by atoms with Crippen molar-refractivity contribution >= 4 is 34.0 Å². The molecule has 4 bridgehead atoms. The number of alkyl halides is 2. The molecular weight excluding hydrogens is 562 g/mol. The average Bonchev–Trinajstić information content (AvgIpc) is 3.64. The monoisotopic (exact) mass is 594 g/mol. The Hall–Kier alpha value is -2.39. The Bertz CT molecular complexity index is 1200. The molecule has 5 aliphatic rings. The van der Waals surface area contributed by atoms with Crippen LogP contribution in [0.15, 0.2) is 0 Å². The summed E-state index contributed by atoms with van der Waals surface area (Å²) < 4.78 is 84.3. The highest BCUT2D eigenvalue weighted by atomic mass is 32.2. The summed E-state index contributed by atoms with van der Waals surface area (Å²) in [5.41, 5.74) is -0.767. The maximum atomic E-state index is 13.6. The van der Waals surface area contributed by atoms with Gasteiger partial charge in [0.05, 0.1) is 12.8 Å². The number of fused-ring (bicyclic) bond motifs is 3. The number of halogens is 2. The number of esters is 4. The van der Waals surface area contributed by atoms with Crippen LogP contribution in [0.25, 0.3) is 0 Å². The van der Waals surface area contributed by atoms with Crippen LogP contribution >= 0.6 is 0 Å². The molecule has 10 unspecified atom stereocenters. The van der Waals surface area contributed by atoms with Gasteiger partial charge in [-0.05, 0) is 51.9 Å². The molecule has 0 amide bonds. The van der Waals surface area contributed by atoms with Crippen molar-refractivity contribution in [1.29, 1.82) is 0 Å². The SMILES string of the molecule is CC(OC(=O)CCC(=O)OC1C2OC(=O)C3C2OC1C3C(=O)OC(C)(C)C1CC2CCC1C2)C(F)(F)S(=O)(=O)O. The molecule has 0 aromatic rings. The fourth-order valence-corrected chi connectivity index (χ4v) is 7.66. The van der Waals surface area contributed by atoms with E-state index in [1.165, 1.54) is 6.42 Å². The molecule has 40 heavy (non-hydrogen) atoms. The predicted octanol–water partition coefficient (Wildman–Crippen LogP) is 1.79. The van der Waals surface area contributed by atoms with Crippen LogP contribution in [0.3, 0.4) is 0 Å². The van der Waals surface area contributed by atoms with E-state index in [1.54, 1.807) is 0 Å². The summed E-state index contributed by atoms with van der Waals surface area (Å²) in [6.07, 6.45) is -3.47. The van der Waals surface area contributed by atoms with E-state index in [2.05, 4.69) is 4.74 Å². The van der Waals surface area contributed by atoms with E-state index >= 15 is 0 Å². The molecular formula is C25H32F2O12S. The van der Waals surface area contributed by atoms with Crippen LogP contribution in [0, 0.1) is 29.6 Å². The number of hydrogen-bond acceptors (Lipinski definition) is 11. The zero-order valence-electron chi connectivity index (χ0n) is 22.1. The summed E-state index contributed by atoms with van der Waals surface area (Å²) in [5, 5.41) is -4.75. The molecule has 1 N–H and O–H groups in total. The molecule has 5 rings (SSSR count). The minimum absolute atomic E-state index is 0.200. The molecule has 15 heteroatoms. The van der Waals surface area contributed by atoms with Gasteiger partial charge in [0.15, 0.2) is 18.3 Å². The third kappa shape index (κ3) is 4.87. The highest BCUT2D eigenvalue weighted by Crippen LogP contribution is 2.55. The summed E-state index contributed by atoms with van der Waals surface area (Å²) in [6, 6.07) is 0. The number of carbonyl (C=O) groups is 4.